The van der Waals surface area contributed by atoms with Gasteiger partial charge in [0.1, 0.15) is 0 Å². The third-order valence-electron chi connectivity index (χ3n) is 2.66. The van der Waals surface area contributed by atoms with Crippen molar-refractivity contribution in [2.24, 2.45) is 0 Å². The van der Waals surface area contributed by atoms with Crippen LogP contribution in [0, 0.1) is 0 Å². The molecule has 0 bridgehead atoms. The van der Waals surface area contributed by atoms with Gasteiger partial charge in [-0.1, -0.05) is 49.6 Å². The Labute approximate surface area is 116 Å². The van der Waals surface area contributed by atoms with Crippen LogP contribution in [0.3, 0.4) is 0 Å². The first kappa shape index (κ1) is 14.8. The van der Waals surface area contributed by atoms with Crippen molar-refractivity contribution < 1.29 is 0 Å². The molecule has 0 fully saturated rings. The van der Waals surface area contributed by atoms with Crippen LogP contribution in [0.25, 0.3) is 0 Å². The Morgan fingerprint density at radius 2 is 1.74 bits per heavy atom. The van der Waals surface area contributed by atoms with Gasteiger partial charge in [-0.15, -0.1) is 0 Å². The standard InChI is InChI=1S/C18H21N/c1-5-12-17(13-6-2)19(16(7-3)8-4)18-14-10-9-11-15-18/h5-15H,1,3H2,2,4H3/b13-6-,16-8+,17-12+. The molecule has 0 spiro atoms. The Bertz CT molecular complexity index is 504. The Balaban J connectivity index is 3.38. The topological polar surface area (TPSA) is 3.24 Å². The van der Waals surface area contributed by atoms with Crippen LogP contribution in [-0.2, 0) is 0 Å². The third kappa shape index (κ3) is 3.85. The van der Waals surface area contributed by atoms with Crippen molar-refractivity contribution >= 4 is 5.69 Å². The maximum absolute atomic E-state index is 3.89. The van der Waals surface area contributed by atoms with Crippen molar-refractivity contribution in [2.45, 2.75) is 13.8 Å². The number of allylic oxidation sites excluding steroid dienone is 6. The number of para-hydroxylation sites is 1. The van der Waals surface area contributed by atoms with Gasteiger partial charge in [0.15, 0.2) is 0 Å². The molecular formula is C18H21N. The molecule has 0 aliphatic heterocycles. The Morgan fingerprint density at radius 3 is 2.21 bits per heavy atom. The first-order chi connectivity index (χ1) is 9.28. The monoisotopic (exact) mass is 251 g/mol. The molecular weight excluding hydrogens is 230 g/mol. The fraction of sp³-hybridized carbons (Fsp3) is 0.111. The summed E-state index contributed by atoms with van der Waals surface area (Å²) in [5.74, 6) is 0. The molecule has 0 amide bonds. The van der Waals surface area contributed by atoms with Gasteiger partial charge in [0, 0.05) is 17.1 Å². The van der Waals surface area contributed by atoms with Crippen LogP contribution in [-0.4, -0.2) is 0 Å². The van der Waals surface area contributed by atoms with E-state index < -0.39 is 0 Å². The number of rotatable bonds is 6. The first-order valence-corrected chi connectivity index (χ1v) is 6.37. The Hall–Kier alpha value is -2.28. The predicted octanol–water partition coefficient (Wildman–Crippen LogP) is 5.23. The van der Waals surface area contributed by atoms with E-state index >= 15 is 0 Å². The van der Waals surface area contributed by atoms with Gasteiger partial charge in [0.2, 0.25) is 0 Å². The summed E-state index contributed by atoms with van der Waals surface area (Å²) in [7, 11) is 0. The second-order valence-corrected chi connectivity index (χ2v) is 3.92. The van der Waals surface area contributed by atoms with Crippen LogP contribution < -0.4 is 4.90 Å². The van der Waals surface area contributed by atoms with Gasteiger partial charge in [0.05, 0.1) is 0 Å². The lowest BCUT2D eigenvalue weighted by molar-refractivity contribution is 1.13. The molecule has 1 heteroatoms. The minimum absolute atomic E-state index is 1.04. The highest BCUT2D eigenvalue weighted by Gasteiger charge is 2.11. The van der Waals surface area contributed by atoms with Gasteiger partial charge >= 0.3 is 0 Å². The summed E-state index contributed by atoms with van der Waals surface area (Å²) in [4.78, 5) is 2.15. The van der Waals surface area contributed by atoms with Crippen LogP contribution in [0.15, 0.2) is 91.3 Å². The molecule has 0 heterocycles. The van der Waals surface area contributed by atoms with E-state index in [2.05, 4.69) is 36.3 Å². The van der Waals surface area contributed by atoms with E-state index in [0.29, 0.717) is 0 Å². The summed E-state index contributed by atoms with van der Waals surface area (Å²) in [5, 5.41) is 0. The number of benzene rings is 1. The van der Waals surface area contributed by atoms with Gasteiger partial charge in [-0.25, -0.2) is 0 Å². The van der Waals surface area contributed by atoms with Crippen molar-refractivity contribution in [3.05, 3.63) is 91.3 Å². The zero-order chi connectivity index (χ0) is 14.1. The lowest BCUT2D eigenvalue weighted by atomic mass is 10.2. The van der Waals surface area contributed by atoms with Crippen molar-refractivity contribution in [2.75, 3.05) is 4.90 Å². The zero-order valence-corrected chi connectivity index (χ0v) is 11.7. The molecule has 0 saturated heterocycles. The van der Waals surface area contributed by atoms with Gasteiger partial charge in [-0.3, -0.25) is 0 Å². The van der Waals surface area contributed by atoms with E-state index in [4.69, 9.17) is 0 Å². The second-order valence-electron chi connectivity index (χ2n) is 3.92. The average Bonchev–Trinajstić information content (AvgIpc) is 2.45. The van der Waals surface area contributed by atoms with E-state index in [1.54, 1.807) is 6.08 Å². The lowest BCUT2D eigenvalue weighted by Crippen LogP contribution is -2.19. The minimum Gasteiger partial charge on any atom is -0.311 e. The quantitative estimate of drug-likeness (QED) is 0.626. The molecule has 19 heavy (non-hydrogen) atoms. The van der Waals surface area contributed by atoms with Crippen LogP contribution in [0.5, 0.6) is 0 Å². The van der Waals surface area contributed by atoms with E-state index in [0.717, 1.165) is 17.1 Å². The summed E-state index contributed by atoms with van der Waals surface area (Å²) >= 11 is 0. The van der Waals surface area contributed by atoms with Crippen LogP contribution in [0.4, 0.5) is 5.69 Å². The fourth-order valence-electron chi connectivity index (χ4n) is 1.86. The van der Waals surface area contributed by atoms with Crippen molar-refractivity contribution in [1.29, 1.82) is 0 Å². The first-order valence-electron chi connectivity index (χ1n) is 6.37. The van der Waals surface area contributed by atoms with Gasteiger partial charge in [-0.05, 0) is 44.2 Å². The predicted molar refractivity (Wildman–Crippen MR) is 86.0 cm³/mol. The summed E-state index contributed by atoms with van der Waals surface area (Å²) < 4.78 is 0. The van der Waals surface area contributed by atoms with E-state index in [1.165, 1.54) is 0 Å². The lowest BCUT2D eigenvalue weighted by Gasteiger charge is -2.27. The maximum Gasteiger partial charge on any atom is 0.0461 e. The average molecular weight is 251 g/mol. The Kier molecular flexibility index (Phi) is 6.17. The van der Waals surface area contributed by atoms with E-state index in [-0.39, 0.29) is 0 Å². The maximum atomic E-state index is 3.89. The molecule has 0 aliphatic carbocycles. The molecule has 1 rings (SSSR count). The minimum atomic E-state index is 1.04. The molecule has 0 aromatic heterocycles. The summed E-state index contributed by atoms with van der Waals surface area (Å²) in [5.41, 5.74) is 3.19. The van der Waals surface area contributed by atoms with Gasteiger partial charge in [0.25, 0.3) is 0 Å². The summed E-state index contributed by atoms with van der Waals surface area (Å²) in [6.45, 7) is 11.7. The molecule has 0 unspecified atom stereocenters. The smallest absolute Gasteiger partial charge is 0.0461 e. The van der Waals surface area contributed by atoms with Gasteiger partial charge < -0.3 is 4.90 Å². The van der Waals surface area contributed by atoms with Crippen LogP contribution in [0.2, 0.25) is 0 Å². The number of nitrogens with zero attached hydrogens (tertiary/aromatic N) is 1. The van der Waals surface area contributed by atoms with Crippen LogP contribution >= 0.6 is 0 Å². The molecule has 98 valence electrons. The molecule has 1 aromatic carbocycles. The van der Waals surface area contributed by atoms with Crippen LogP contribution in [0.1, 0.15) is 13.8 Å². The SMILES string of the molecule is C=C/C=C(\C=C/C)N(/C(C=C)=C/C)c1ccccc1. The molecule has 0 atom stereocenters. The van der Waals surface area contributed by atoms with Crippen molar-refractivity contribution in [3.8, 4) is 0 Å². The third-order valence-corrected chi connectivity index (χ3v) is 2.66. The summed E-state index contributed by atoms with van der Waals surface area (Å²) in [6, 6.07) is 10.2. The fourth-order valence-corrected chi connectivity index (χ4v) is 1.86. The zero-order valence-electron chi connectivity index (χ0n) is 11.7. The molecule has 1 nitrogen and oxygen atoms in total. The van der Waals surface area contributed by atoms with E-state index in [9.17, 15) is 0 Å². The van der Waals surface area contributed by atoms with Crippen molar-refractivity contribution in [3.63, 3.8) is 0 Å². The Morgan fingerprint density at radius 1 is 1.05 bits per heavy atom. The molecule has 0 N–H and O–H groups in total. The molecule has 0 aliphatic rings. The van der Waals surface area contributed by atoms with Gasteiger partial charge in [-0.2, -0.15) is 0 Å². The molecule has 1 aromatic rings. The normalized spacial score (nSPS) is 12.5. The summed E-state index contributed by atoms with van der Waals surface area (Å²) in [6.07, 6.45) is 11.7. The molecule has 0 saturated carbocycles. The van der Waals surface area contributed by atoms with Crippen molar-refractivity contribution in [1.82, 2.24) is 0 Å². The highest BCUT2D eigenvalue weighted by molar-refractivity contribution is 5.62. The second kappa shape index (κ2) is 7.93. The highest BCUT2D eigenvalue weighted by atomic mass is 15.1. The number of hydrogen-bond acceptors (Lipinski definition) is 1. The number of anilines is 1. The number of hydrogen-bond donors (Lipinski definition) is 0. The highest BCUT2D eigenvalue weighted by Crippen LogP contribution is 2.25. The van der Waals surface area contributed by atoms with E-state index in [1.807, 2.05) is 56.4 Å². The largest absolute Gasteiger partial charge is 0.311 e. The molecule has 0 radical (unpaired) electrons.